The SMILES string of the molecule is O=C(COc1ccccc1/C=C1/C(=O)NC(=O)N(c2ccc(Cl)cc2)C1=O)Nc1ccccc1Cl. The largest absolute Gasteiger partial charge is 0.483 e. The van der Waals surface area contributed by atoms with Gasteiger partial charge in [-0.3, -0.25) is 19.7 Å². The van der Waals surface area contributed by atoms with Gasteiger partial charge >= 0.3 is 6.03 Å². The molecular weight excluding hydrogens is 493 g/mol. The van der Waals surface area contributed by atoms with E-state index in [0.717, 1.165) is 4.90 Å². The predicted molar refractivity (Wildman–Crippen MR) is 132 cm³/mol. The van der Waals surface area contributed by atoms with Crippen molar-refractivity contribution in [3.8, 4) is 5.75 Å². The normalized spacial score (nSPS) is 14.6. The standard InChI is InChI=1S/C25H17Cl2N3O5/c26-16-9-11-17(12-10-16)30-24(33)18(23(32)29-25(30)34)13-15-5-1-4-8-21(15)35-14-22(31)28-20-7-3-2-6-19(20)27/h1-13H,14H2,(H,28,31)(H,29,32,34)/b18-13-. The van der Waals surface area contributed by atoms with Gasteiger partial charge in [0, 0.05) is 10.6 Å². The van der Waals surface area contributed by atoms with Crippen molar-refractivity contribution in [1.82, 2.24) is 5.32 Å². The highest BCUT2D eigenvalue weighted by molar-refractivity contribution is 6.39. The van der Waals surface area contributed by atoms with Gasteiger partial charge in [0.25, 0.3) is 17.7 Å². The Kier molecular flexibility index (Phi) is 7.14. The third-order valence-corrected chi connectivity index (χ3v) is 5.49. The fourth-order valence-corrected chi connectivity index (χ4v) is 3.57. The number of rotatable bonds is 6. The molecule has 35 heavy (non-hydrogen) atoms. The van der Waals surface area contributed by atoms with Crippen molar-refractivity contribution in [3.63, 3.8) is 0 Å². The minimum Gasteiger partial charge on any atom is -0.483 e. The molecule has 5 amide bonds. The first kappa shape index (κ1) is 24.0. The summed E-state index contributed by atoms with van der Waals surface area (Å²) < 4.78 is 5.63. The molecule has 3 aromatic carbocycles. The lowest BCUT2D eigenvalue weighted by molar-refractivity contribution is -0.122. The highest BCUT2D eigenvalue weighted by Gasteiger charge is 2.37. The summed E-state index contributed by atoms with van der Waals surface area (Å²) in [7, 11) is 0. The number of nitrogens with zero attached hydrogens (tertiary/aromatic N) is 1. The minimum atomic E-state index is -0.875. The van der Waals surface area contributed by atoms with Crippen LogP contribution in [0.1, 0.15) is 5.56 Å². The summed E-state index contributed by atoms with van der Waals surface area (Å²) >= 11 is 11.9. The third kappa shape index (κ3) is 5.51. The van der Waals surface area contributed by atoms with Gasteiger partial charge in [0.1, 0.15) is 11.3 Å². The Morgan fingerprint density at radius 2 is 1.63 bits per heavy atom. The van der Waals surface area contributed by atoms with Crippen LogP contribution in [-0.4, -0.2) is 30.4 Å². The molecule has 176 valence electrons. The number of urea groups is 1. The zero-order chi connectivity index (χ0) is 24.9. The van der Waals surface area contributed by atoms with Crippen LogP contribution in [0.5, 0.6) is 5.75 Å². The molecule has 2 N–H and O–H groups in total. The van der Waals surface area contributed by atoms with Crippen LogP contribution in [0, 0.1) is 0 Å². The summed E-state index contributed by atoms with van der Waals surface area (Å²) in [4.78, 5) is 51.1. The van der Waals surface area contributed by atoms with Gasteiger partial charge in [0.15, 0.2) is 6.61 Å². The Morgan fingerprint density at radius 1 is 0.943 bits per heavy atom. The van der Waals surface area contributed by atoms with E-state index in [-0.39, 0.29) is 23.6 Å². The van der Waals surface area contributed by atoms with Crippen LogP contribution in [-0.2, 0) is 14.4 Å². The molecular formula is C25H17Cl2N3O5. The number of amides is 5. The van der Waals surface area contributed by atoms with Crippen LogP contribution < -0.4 is 20.3 Å². The highest BCUT2D eigenvalue weighted by Crippen LogP contribution is 2.26. The first-order valence-corrected chi connectivity index (χ1v) is 11.0. The summed E-state index contributed by atoms with van der Waals surface area (Å²) in [5.41, 5.74) is 0.767. The van der Waals surface area contributed by atoms with Crippen LogP contribution in [0.3, 0.4) is 0 Å². The maximum absolute atomic E-state index is 13.1. The Morgan fingerprint density at radius 3 is 2.37 bits per heavy atom. The molecule has 0 unspecified atom stereocenters. The molecule has 0 radical (unpaired) electrons. The molecule has 0 aromatic heterocycles. The smallest absolute Gasteiger partial charge is 0.335 e. The number of halogens is 2. The number of nitrogens with one attached hydrogen (secondary N) is 2. The van der Waals surface area contributed by atoms with Crippen LogP contribution in [0.15, 0.2) is 78.4 Å². The number of imide groups is 2. The molecule has 1 aliphatic heterocycles. The number of hydrogen-bond acceptors (Lipinski definition) is 5. The second-order valence-electron chi connectivity index (χ2n) is 7.29. The number of benzene rings is 3. The number of carbonyl (C=O) groups is 4. The van der Waals surface area contributed by atoms with Gasteiger partial charge in [0.05, 0.1) is 16.4 Å². The second kappa shape index (κ2) is 10.4. The number of carbonyl (C=O) groups excluding carboxylic acids is 4. The molecule has 1 aliphatic rings. The molecule has 0 saturated carbocycles. The van der Waals surface area contributed by atoms with Gasteiger partial charge in [0.2, 0.25) is 0 Å². The van der Waals surface area contributed by atoms with E-state index in [9.17, 15) is 19.2 Å². The Balaban J connectivity index is 1.55. The van der Waals surface area contributed by atoms with E-state index in [1.807, 2.05) is 0 Å². The molecule has 1 saturated heterocycles. The second-order valence-corrected chi connectivity index (χ2v) is 8.13. The van der Waals surface area contributed by atoms with E-state index in [4.69, 9.17) is 27.9 Å². The van der Waals surface area contributed by atoms with Crippen LogP contribution in [0.2, 0.25) is 10.0 Å². The lowest BCUT2D eigenvalue weighted by Gasteiger charge is -2.26. The zero-order valence-electron chi connectivity index (χ0n) is 18.0. The first-order valence-electron chi connectivity index (χ1n) is 10.3. The summed E-state index contributed by atoms with van der Waals surface area (Å²) in [5, 5.41) is 5.61. The van der Waals surface area contributed by atoms with E-state index in [1.54, 1.807) is 48.5 Å². The average Bonchev–Trinajstić information content (AvgIpc) is 2.83. The molecule has 0 atom stereocenters. The summed E-state index contributed by atoms with van der Waals surface area (Å²) in [6.07, 6.45) is 1.30. The van der Waals surface area contributed by atoms with E-state index < -0.39 is 23.8 Å². The highest BCUT2D eigenvalue weighted by atomic mass is 35.5. The summed E-state index contributed by atoms with van der Waals surface area (Å²) in [6.45, 7) is -0.346. The maximum atomic E-state index is 13.1. The lowest BCUT2D eigenvalue weighted by atomic mass is 10.1. The zero-order valence-corrected chi connectivity index (χ0v) is 19.5. The van der Waals surface area contributed by atoms with Crippen molar-refractivity contribution >= 4 is 64.4 Å². The van der Waals surface area contributed by atoms with Gasteiger partial charge in [-0.25, -0.2) is 9.69 Å². The van der Waals surface area contributed by atoms with E-state index in [1.165, 1.54) is 30.3 Å². The van der Waals surface area contributed by atoms with Crippen LogP contribution in [0.4, 0.5) is 16.2 Å². The topological polar surface area (TPSA) is 105 Å². The van der Waals surface area contributed by atoms with Gasteiger partial charge in [-0.1, -0.05) is 53.5 Å². The predicted octanol–water partition coefficient (Wildman–Crippen LogP) is 4.68. The molecule has 4 rings (SSSR count). The molecule has 0 spiro atoms. The average molecular weight is 510 g/mol. The number of para-hydroxylation sites is 2. The van der Waals surface area contributed by atoms with Crippen molar-refractivity contribution in [2.45, 2.75) is 0 Å². The van der Waals surface area contributed by atoms with E-state index >= 15 is 0 Å². The molecule has 8 nitrogen and oxygen atoms in total. The Hall–Kier alpha value is -4.14. The van der Waals surface area contributed by atoms with Crippen molar-refractivity contribution in [1.29, 1.82) is 0 Å². The summed E-state index contributed by atoms with van der Waals surface area (Å²) in [5.74, 6) is -1.86. The maximum Gasteiger partial charge on any atom is 0.335 e. The minimum absolute atomic E-state index is 0.246. The number of hydrogen-bond donors (Lipinski definition) is 2. The van der Waals surface area contributed by atoms with Crippen molar-refractivity contribution in [2.24, 2.45) is 0 Å². The molecule has 10 heteroatoms. The van der Waals surface area contributed by atoms with Gasteiger partial charge < -0.3 is 10.1 Å². The molecule has 0 aliphatic carbocycles. The van der Waals surface area contributed by atoms with Gasteiger partial charge in [-0.05, 0) is 48.5 Å². The van der Waals surface area contributed by atoms with Crippen molar-refractivity contribution in [2.75, 3.05) is 16.8 Å². The molecule has 1 fully saturated rings. The molecule has 0 bridgehead atoms. The van der Waals surface area contributed by atoms with Crippen LogP contribution in [0.25, 0.3) is 6.08 Å². The summed E-state index contributed by atoms with van der Waals surface area (Å²) in [6, 6.07) is 18.5. The number of ether oxygens (including phenoxy) is 1. The fourth-order valence-electron chi connectivity index (χ4n) is 3.26. The quantitative estimate of drug-likeness (QED) is 0.370. The third-order valence-electron chi connectivity index (χ3n) is 4.91. The Labute approximate surface area is 210 Å². The van der Waals surface area contributed by atoms with Crippen LogP contribution >= 0.6 is 23.2 Å². The van der Waals surface area contributed by atoms with E-state index in [2.05, 4.69) is 10.6 Å². The lowest BCUT2D eigenvalue weighted by Crippen LogP contribution is -2.54. The molecule has 1 heterocycles. The van der Waals surface area contributed by atoms with Gasteiger partial charge in [-0.15, -0.1) is 0 Å². The Bertz CT molecular complexity index is 1360. The molecule has 3 aromatic rings. The van der Waals surface area contributed by atoms with Crippen molar-refractivity contribution in [3.05, 3.63) is 94.0 Å². The van der Waals surface area contributed by atoms with Gasteiger partial charge in [-0.2, -0.15) is 0 Å². The first-order chi connectivity index (χ1) is 16.8. The van der Waals surface area contributed by atoms with Crippen molar-refractivity contribution < 1.29 is 23.9 Å². The van der Waals surface area contributed by atoms with E-state index in [0.29, 0.717) is 21.3 Å². The monoisotopic (exact) mass is 509 g/mol. The number of anilines is 2. The number of barbiturate groups is 1. The fraction of sp³-hybridized carbons (Fsp3) is 0.0400.